The molecular formula is C22H25NO5. The summed E-state index contributed by atoms with van der Waals surface area (Å²) in [6.45, 7) is 3.51. The number of carboxylic acid groups (broad SMARTS) is 1. The smallest absolute Gasteiger partial charge is 0.326 e. The molecule has 0 fully saturated rings. The molecule has 0 radical (unpaired) electrons. The monoisotopic (exact) mass is 383 g/mol. The molecule has 0 saturated heterocycles. The summed E-state index contributed by atoms with van der Waals surface area (Å²) in [5.74, 6) is -3.38. The Labute approximate surface area is 164 Å². The summed E-state index contributed by atoms with van der Waals surface area (Å²) in [4.78, 5) is 36.5. The molecule has 0 saturated carbocycles. The van der Waals surface area contributed by atoms with E-state index in [9.17, 15) is 19.5 Å². The molecule has 148 valence electrons. The maximum Gasteiger partial charge on any atom is 0.326 e. The highest BCUT2D eigenvalue weighted by Gasteiger charge is 2.32. The van der Waals surface area contributed by atoms with E-state index in [4.69, 9.17) is 4.74 Å². The third kappa shape index (κ3) is 5.67. The van der Waals surface area contributed by atoms with E-state index in [2.05, 4.69) is 5.32 Å². The Balaban J connectivity index is 2.25. The van der Waals surface area contributed by atoms with Gasteiger partial charge in [-0.2, -0.15) is 0 Å². The van der Waals surface area contributed by atoms with Gasteiger partial charge in [0, 0.05) is 0 Å². The lowest BCUT2D eigenvalue weighted by molar-refractivity contribution is -0.147. The first kappa shape index (κ1) is 21.2. The van der Waals surface area contributed by atoms with Gasteiger partial charge in [-0.05, 0) is 24.0 Å². The standard InChI is InChI=1S/C22H25NO5/c1-3-28-18(24)14-15(2)20(22(26)27)23-21(25)19(16-10-6-4-7-11-16)17-12-8-5-9-13-17/h4-13,15,19-20H,3,14H2,1-2H3,(H,23,25)(H,26,27)/t15-,20+/m0/s1. The van der Waals surface area contributed by atoms with Crippen molar-refractivity contribution in [3.8, 4) is 0 Å². The van der Waals surface area contributed by atoms with Crippen molar-refractivity contribution in [2.24, 2.45) is 5.92 Å². The highest BCUT2D eigenvalue weighted by atomic mass is 16.5. The van der Waals surface area contributed by atoms with Crippen molar-refractivity contribution in [2.45, 2.75) is 32.2 Å². The maximum absolute atomic E-state index is 13.1. The Morgan fingerprint density at radius 3 is 1.89 bits per heavy atom. The van der Waals surface area contributed by atoms with Crippen LogP contribution >= 0.6 is 0 Å². The van der Waals surface area contributed by atoms with Gasteiger partial charge in [0.2, 0.25) is 5.91 Å². The maximum atomic E-state index is 13.1. The summed E-state index contributed by atoms with van der Waals surface area (Å²) in [6, 6.07) is 17.1. The van der Waals surface area contributed by atoms with E-state index in [1.54, 1.807) is 13.8 Å². The van der Waals surface area contributed by atoms with E-state index in [-0.39, 0.29) is 13.0 Å². The Morgan fingerprint density at radius 1 is 0.964 bits per heavy atom. The Hall–Kier alpha value is -3.15. The van der Waals surface area contributed by atoms with Gasteiger partial charge in [-0.25, -0.2) is 4.79 Å². The lowest BCUT2D eigenvalue weighted by atomic mass is 9.89. The molecule has 0 aliphatic heterocycles. The van der Waals surface area contributed by atoms with Crippen molar-refractivity contribution in [3.05, 3.63) is 71.8 Å². The number of benzene rings is 2. The van der Waals surface area contributed by atoms with Crippen molar-refractivity contribution >= 4 is 17.8 Å². The number of hydrogen-bond donors (Lipinski definition) is 2. The first-order valence-electron chi connectivity index (χ1n) is 9.22. The highest BCUT2D eigenvalue weighted by Crippen LogP contribution is 2.25. The van der Waals surface area contributed by atoms with Crippen molar-refractivity contribution in [2.75, 3.05) is 6.61 Å². The number of esters is 1. The minimum atomic E-state index is -1.20. The minimum Gasteiger partial charge on any atom is -0.480 e. The van der Waals surface area contributed by atoms with Crippen LogP contribution in [-0.2, 0) is 19.1 Å². The fourth-order valence-electron chi connectivity index (χ4n) is 3.07. The molecule has 2 aromatic rings. The number of nitrogens with one attached hydrogen (secondary N) is 1. The van der Waals surface area contributed by atoms with Gasteiger partial charge in [0.1, 0.15) is 6.04 Å². The molecule has 0 bridgehead atoms. The molecule has 6 heteroatoms. The SMILES string of the molecule is CCOC(=O)C[C@H](C)[C@@H](NC(=O)C(c1ccccc1)c1ccccc1)C(=O)O. The lowest BCUT2D eigenvalue weighted by Gasteiger charge is -2.24. The number of rotatable bonds is 9. The fraction of sp³-hybridized carbons (Fsp3) is 0.318. The van der Waals surface area contributed by atoms with Crippen LogP contribution in [-0.4, -0.2) is 35.6 Å². The summed E-state index contributed by atoms with van der Waals surface area (Å²) < 4.78 is 4.89. The van der Waals surface area contributed by atoms with Crippen LogP contribution in [0.15, 0.2) is 60.7 Å². The molecule has 2 N–H and O–H groups in total. The van der Waals surface area contributed by atoms with Gasteiger partial charge in [-0.15, -0.1) is 0 Å². The van der Waals surface area contributed by atoms with Crippen LogP contribution in [0.25, 0.3) is 0 Å². The summed E-state index contributed by atoms with van der Waals surface area (Å²) in [7, 11) is 0. The zero-order valence-electron chi connectivity index (χ0n) is 16.0. The van der Waals surface area contributed by atoms with Gasteiger partial charge in [-0.1, -0.05) is 67.6 Å². The summed E-state index contributed by atoms with van der Waals surface area (Å²) >= 11 is 0. The Kier molecular flexibility index (Phi) is 7.75. The molecule has 0 unspecified atom stereocenters. The van der Waals surface area contributed by atoms with E-state index in [1.807, 2.05) is 60.7 Å². The van der Waals surface area contributed by atoms with Gasteiger partial charge in [0.15, 0.2) is 0 Å². The molecule has 28 heavy (non-hydrogen) atoms. The van der Waals surface area contributed by atoms with Crippen molar-refractivity contribution in [3.63, 3.8) is 0 Å². The van der Waals surface area contributed by atoms with Crippen LogP contribution < -0.4 is 5.32 Å². The zero-order valence-corrected chi connectivity index (χ0v) is 16.0. The lowest BCUT2D eigenvalue weighted by Crippen LogP contribution is -2.47. The van der Waals surface area contributed by atoms with Crippen molar-refractivity contribution < 1.29 is 24.2 Å². The summed E-state index contributed by atoms with van der Waals surface area (Å²) in [5.41, 5.74) is 1.52. The predicted octanol–water partition coefficient (Wildman–Crippen LogP) is 2.98. The van der Waals surface area contributed by atoms with Gasteiger partial charge in [0.05, 0.1) is 18.9 Å². The quantitative estimate of drug-likeness (QED) is 0.650. The molecular weight excluding hydrogens is 358 g/mol. The van der Waals surface area contributed by atoms with Gasteiger partial charge in [-0.3, -0.25) is 9.59 Å². The number of aliphatic carboxylic acids is 1. The molecule has 0 spiro atoms. The van der Waals surface area contributed by atoms with E-state index in [0.29, 0.717) is 0 Å². The molecule has 0 aromatic heterocycles. The second kappa shape index (κ2) is 10.3. The summed E-state index contributed by atoms with van der Waals surface area (Å²) in [5, 5.41) is 12.2. The van der Waals surface area contributed by atoms with Gasteiger partial charge < -0.3 is 15.2 Å². The van der Waals surface area contributed by atoms with E-state index in [0.717, 1.165) is 11.1 Å². The Bertz CT molecular complexity index is 752. The fourth-order valence-corrected chi connectivity index (χ4v) is 3.07. The number of carbonyl (C=O) groups is 3. The van der Waals surface area contributed by atoms with Crippen LogP contribution in [0.5, 0.6) is 0 Å². The number of carboxylic acids is 1. The average molecular weight is 383 g/mol. The van der Waals surface area contributed by atoms with E-state index < -0.39 is 35.7 Å². The molecule has 6 nitrogen and oxygen atoms in total. The van der Waals surface area contributed by atoms with Gasteiger partial charge in [0.25, 0.3) is 0 Å². The number of carbonyl (C=O) groups excluding carboxylic acids is 2. The highest BCUT2D eigenvalue weighted by molar-refractivity contribution is 5.91. The normalized spacial score (nSPS) is 12.8. The largest absolute Gasteiger partial charge is 0.480 e. The average Bonchev–Trinajstić information content (AvgIpc) is 2.68. The van der Waals surface area contributed by atoms with E-state index >= 15 is 0 Å². The second-order valence-electron chi connectivity index (χ2n) is 6.57. The first-order chi connectivity index (χ1) is 13.4. The van der Waals surface area contributed by atoms with E-state index in [1.165, 1.54) is 0 Å². The van der Waals surface area contributed by atoms with Crippen LogP contribution in [0, 0.1) is 5.92 Å². The van der Waals surface area contributed by atoms with Crippen LogP contribution in [0.3, 0.4) is 0 Å². The predicted molar refractivity (Wildman–Crippen MR) is 105 cm³/mol. The Morgan fingerprint density at radius 2 is 1.46 bits per heavy atom. The van der Waals surface area contributed by atoms with Crippen molar-refractivity contribution in [1.82, 2.24) is 5.32 Å². The zero-order chi connectivity index (χ0) is 20.5. The third-order valence-electron chi connectivity index (χ3n) is 4.45. The molecule has 1 amide bonds. The van der Waals surface area contributed by atoms with Gasteiger partial charge >= 0.3 is 11.9 Å². The van der Waals surface area contributed by atoms with Crippen LogP contribution in [0.2, 0.25) is 0 Å². The van der Waals surface area contributed by atoms with Crippen molar-refractivity contribution in [1.29, 1.82) is 0 Å². The molecule has 2 rings (SSSR count). The topological polar surface area (TPSA) is 92.7 Å². The first-order valence-corrected chi connectivity index (χ1v) is 9.22. The number of ether oxygens (including phenoxy) is 1. The molecule has 0 aliphatic carbocycles. The van der Waals surface area contributed by atoms with Crippen LogP contribution in [0.4, 0.5) is 0 Å². The molecule has 0 aliphatic rings. The molecule has 0 heterocycles. The number of hydrogen-bond acceptors (Lipinski definition) is 4. The number of amides is 1. The molecule has 2 aromatic carbocycles. The minimum absolute atomic E-state index is 0.0908. The van der Waals surface area contributed by atoms with Crippen LogP contribution in [0.1, 0.15) is 37.3 Å². The third-order valence-corrected chi connectivity index (χ3v) is 4.45. The second-order valence-corrected chi connectivity index (χ2v) is 6.57. The summed E-state index contributed by atoms with van der Waals surface area (Å²) in [6.07, 6.45) is -0.0908. The molecule has 2 atom stereocenters.